The van der Waals surface area contributed by atoms with E-state index >= 15 is 0 Å². The maximum absolute atomic E-state index is 6.18. The molecule has 0 saturated heterocycles. The predicted octanol–water partition coefficient (Wildman–Crippen LogP) is 7.87. The van der Waals surface area contributed by atoms with Crippen LogP contribution in [-0.4, -0.2) is 4.98 Å². The molecule has 3 atom stereocenters. The molecule has 4 aromatic rings. The molecule has 1 fully saturated rings. The Labute approximate surface area is 178 Å². The Morgan fingerprint density at radius 1 is 0.967 bits per heavy atom. The van der Waals surface area contributed by atoms with Crippen LogP contribution in [0.5, 0.6) is 0 Å². The molecular formula is C28H29NO. The Morgan fingerprint density at radius 3 is 2.47 bits per heavy atom. The second kappa shape index (κ2) is 5.97. The van der Waals surface area contributed by atoms with Gasteiger partial charge in [0.25, 0.3) is 0 Å². The number of furan rings is 1. The van der Waals surface area contributed by atoms with E-state index in [1.54, 1.807) is 11.1 Å². The number of pyridine rings is 1. The maximum Gasteiger partial charge on any atom is 0.139 e. The number of aromatic nitrogens is 1. The fraction of sp³-hybridized carbons (Fsp3) is 0.393. The van der Waals surface area contributed by atoms with Gasteiger partial charge >= 0.3 is 0 Å². The van der Waals surface area contributed by atoms with Crippen LogP contribution < -0.4 is 0 Å². The molecule has 0 radical (unpaired) electrons. The van der Waals surface area contributed by atoms with Gasteiger partial charge in [-0.05, 0) is 71.3 Å². The van der Waals surface area contributed by atoms with Crippen LogP contribution in [0.2, 0.25) is 0 Å². The van der Waals surface area contributed by atoms with E-state index in [4.69, 9.17) is 9.40 Å². The molecule has 2 nitrogen and oxygen atoms in total. The highest BCUT2D eigenvalue weighted by Gasteiger charge is 2.53. The zero-order valence-corrected chi connectivity index (χ0v) is 18.4. The summed E-state index contributed by atoms with van der Waals surface area (Å²) in [5.41, 5.74) is 9.45. The van der Waals surface area contributed by atoms with Gasteiger partial charge in [0.1, 0.15) is 11.2 Å². The van der Waals surface area contributed by atoms with Crippen molar-refractivity contribution in [3.63, 3.8) is 0 Å². The number of nitrogens with zero attached hydrogens (tertiary/aromatic N) is 1. The SMILES string of the molecule is CCC(C)c1cc2c(cc1-c1cc3oc4ccccc4c3cn1)C1(C)CCC2(C)C1. The van der Waals surface area contributed by atoms with Gasteiger partial charge in [-0.1, -0.05) is 52.0 Å². The van der Waals surface area contributed by atoms with Gasteiger partial charge in [0.05, 0.1) is 5.69 Å². The summed E-state index contributed by atoms with van der Waals surface area (Å²) in [5, 5.41) is 2.24. The van der Waals surface area contributed by atoms with Crippen LogP contribution >= 0.6 is 0 Å². The van der Waals surface area contributed by atoms with Gasteiger partial charge in [-0.15, -0.1) is 0 Å². The van der Waals surface area contributed by atoms with Crippen molar-refractivity contribution in [3.05, 3.63) is 65.4 Å². The molecule has 6 rings (SSSR count). The highest BCUT2D eigenvalue weighted by Crippen LogP contribution is 2.61. The van der Waals surface area contributed by atoms with Crippen molar-refractivity contribution < 1.29 is 4.42 Å². The van der Waals surface area contributed by atoms with Gasteiger partial charge in [0.15, 0.2) is 0 Å². The lowest BCUT2D eigenvalue weighted by Gasteiger charge is -2.30. The molecule has 0 amide bonds. The van der Waals surface area contributed by atoms with E-state index in [1.807, 2.05) is 18.3 Å². The van der Waals surface area contributed by atoms with E-state index in [-0.39, 0.29) is 0 Å². The van der Waals surface area contributed by atoms with Crippen LogP contribution in [0.4, 0.5) is 0 Å². The highest BCUT2D eigenvalue weighted by atomic mass is 16.3. The molecule has 152 valence electrons. The molecule has 0 spiro atoms. The van der Waals surface area contributed by atoms with E-state index < -0.39 is 0 Å². The lowest BCUT2D eigenvalue weighted by atomic mass is 9.75. The van der Waals surface area contributed by atoms with Crippen LogP contribution in [0.3, 0.4) is 0 Å². The van der Waals surface area contributed by atoms with Crippen LogP contribution in [-0.2, 0) is 10.8 Å². The number of hydrogen-bond donors (Lipinski definition) is 0. The second-order valence-electron chi connectivity index (χ2n) is 10.3. The third-order valence-corrected chi connectivity index (χ3v) is 8.18. The van der Waals surface area contributed by atoms with Gasteiger partial charge in [0.2, 0.25) is 0 Å². The largest absolute Gasteiger partial charge is 0.456 e. The zero-order valence-electron chi connectivity index (χ0n) is 18.4. The summed E-state index contributed by atoms with van der Waals surface area (Å²) in [4.78, 5) is 4.94. The first-order valence-corrected chi connectivity index (χ1v) is 11.4. The number of para-hydroxylation sites is 1. The van der Waals surface area contributed by atoms with Gasteiger partial charge in [-0.2, -0.15) is 0 Å². The topological polar surface area (TPSA) is 26.0 Å². The van der Waals surface area contributed by atoms with Crippen molar-refractivity contribution in [1.82, 2.24) is 4.98 Å². The van der Waals surface area contributed by atoms with E-state index in [1.165, 1.54) is 30.4 Å². The molecule has 2 aliphatic carbocycles. The number of rotatable bonds is 3. The number of hydrogen-bond acceptors (Lipinski definition) is 2. The van der Waals surface area contributed by atoms with Crippen molar-refractivity contribution in [2.45, 2.75) is 70.1 Å². The van der Waals surface area contributed by atoms with Crippen molar-refractivity contribution >= 4 is 21.9 Å². The van der Waals surface area contributed by atoms with E-state index in [0.29, 0.717) is 16.7 Å². The Morgan fingerprint density at radius 2 is 1.70 bits per heavy atom. The van der Waals surface area contributed by atoms with Gasteiger partial charge < -0.3 is 4.42 Å². The number of benzene rings is 2. The minimum absolute atomic E-state index is 0.316. The summed E-state index contributed by atoms with van der Waals surface area (Å²) in [6, 6.07) is 15.4. The molecule has 0 aliphatic heterocycles. The minimum atomic E-state index is 0.316. The molecule has 2 heteroatoms. The average Bonchev–Trinajstić information content (AvgIpc) is 3.36. The van der Waals surface area contributed by atoms with Crippen LogP contribution in [0, 0.1) is 0 Å². The molecular weight excluding hydrogens is 366 g/mol. The van der Waals surface area contributed by atoms with E-state index in [9.17, 15) is 0 Å². The smallest absolute Gasteiger partial charge is 0.139 e. The van der Waals surface area contributed by atoms with Gasteiger partial charge in [-0.3, -0.25) is 4.98 Å². The molecule has 2 aromatic heterocycles. The summed E-state index contributed by atoms with van der Waals surface area (Å²) in [5.74, 6) is 0.508. The predicted molar refractivity (Wildman–Crippen MR) is 124 cm³/mol. The van der Waals surface area contributed by atoms with Crippen molar-refractivity contribution in [3.8, 4) is 11.3 Å². The first kappa shape index (κ1) is 18.2. The highest BCUT2D eigenvalue weighted by molar-refractivity contribution is 6.05. The third kappa shape index (κ3) is 2.34. The quantitative estimate of drug-likeness (QED) is 0.353. The van der Waals surface area contributed by atoms with Crippen molar-refractivity contribution in [1.29, 1.82) is 0 Å². The molecule has 30 heavy (non-hydrogen) atoms. The minimum Gasteiger partial charge on any atom is -0.456 e. The third-order valence-electron chi connectivity index (χ3n) is 8.18. The summed E-state index contributed by atoms with van der Waals surface area (Å²) in [6.45, 7) is 9.57. The zero-order chi connectivity index (χ0) is 20.7. The van der Waals surface area contributed by atoms with Crippen LogP contribution in [0.25, 0.3) is 33.2 Å². The molecule has 2 aliphatic rings. The van der Waals surface area contributed by atoms with Crippen LogP contribution in [0.15, 0.2) is 53.1 Å². The lowest BCUT2D eigenvalue weighted by Crippen LogP contribution is -2.19. The monoisotopic (exact) mass is 395 g/mol. The van der Waals surface area contributed by atoms with Gasteiger partial charge in [0, 0.05) is 28.6 Å². The molecule has 2 aromatic carbocycles. The maximum atomic E-state index is 6.18. The molecule has 0 N–H and O–H groups in total. The average molecular weight is 396 g/mol. The van der Waals surface area contributed by atoms with Crippen molar-refractivity contribution in [2.75, 3.05) is 0 Å². The van der Waals surface area contributed by atoms with Crippen LogP contribution in [0.1, 0.15) is 76.0 Å². The Balaban J connectivity index is 1.59. The normalized spacial score (nSPS) is 25.9. The first-order chi connectivity index (χ1) is 14.4. The molecule has 1 saturated carbocycles. The Bertz CT molecular complexity index is 1320. The molecule has 2 heterocycles. The summed E-state index contributed by atoms with van der Waals surface area (Å²) < 4.78 is 6.18. The van der Waals surface area contributed by atoms with Crippen molar-refractivity contribution in [2.24, 2.45) is 0 Å². The Hall–Kier alpha value is -2.61. The summed E-state index contributed by atoms with van der Waals surface area (Å²) in [7, 11) is 0. The molecule has 2 bridgehead atoms. The van der Waals surface area contributed by atoms with E-state index in [0.717, 1.165) is 34.1 Å². The molecule has 3 unspecified atom stereocenters. The lowest BCUT2D eigenvalue weighted by molar-refractivity contribution is 0.483. The summed E-state index contributed by atoms with van der Waals surface area (Å²) >= 11 is 0. The fourth-order valence-corrected chi connectivity index (χ4v) is 6.28. The Kier molecular flexibility index (Phi) is 3.62. The first-order valence-electron chi connectivity index (χ1n) is 11.4. The second-order valence-corrected chi connectivity index (χ2v) is 10.3. The fourth-order valence-electron chi connectivity index (χ4n) is 6.28. The summed E-state index contributed by atoms with van der Waals surface area (Å²) in [6.07, 6.45) is 7.04. The standard InChI is InChI=1S/C28H29NO/c1-5-17(2)19-12-22-23(28(4)11-10-27(22,3)16-28)13-20(19)24-14-26-21(15-29-24)18-8-6-7-9-25(18)30-26/h6-9,12-15,17H,5,10-11,16H2,1-4H3. The number of fused-ring (bicyclic) bond motifs is 8. The van der Waals surface area contributed by atoms with E-state index in [2.05, 4.69) is 58.0 Å². The van der Waals surface area contributed by atoms with Gasteiger partial charge in [-0.25, -0.2) is 0 Å².